The number of carbonyl (C=O) groups is 8. The predicted octanol–water partition coefficient (Wildman–Crippen LogP) is -3.28. The number of fused-ring (bicyclic) bond motifs is 5. The van der Waals surface area contributed by atoms with Crippen LogP contribution in [-0.2, 0) is 44.8 Å². The number of benzene rings is 1. The molecule has 0 aromatic heterocycles. The molecular formula is C44H73N13O9S. The number of carbonyl (C=O) groups excluding carboxylic acids is 8. The number of likely N-dealkylation sites (tertiary alicyclic amines) is 1. The molecule has 67 heavy (non-hydrogen) atoms. The maximum Gasteiger partial charge on any atom is 0.242 e. The molecule has 2 unspecified atom stereocenters. The van der Waals surface area contributed by atoms with Crippen molar-refractivity contribution < 1.29 is 43.5 Å². The van der Waals surface area contributed by atoms with E-state index in [2.05, 4.69) is 58.5 Å². The highest BCUT2D eigenvalue weighted by Gasteiger charge is 2.39. The van der Waals surface area contributed by atoms with Crippen molar-refractivity contribution in [3.63, 3.8) is 0 Å². The first-order valence-electron chi connectivity index (χ1n) is 23.5. The molecule has 3 fully saturated rings. The third kappa shape index (κ3) is 19.0. The van der Waals surface area contributed by atoms with Gasteiger partial charge in [-0.2, -0.15) is 0 Å². The van der Waals surface area contributed by atoms with Gasteiger partial charge in [0, 0.05) is 123 Å². The summed E-state index contributed by atoms with van der Waals surface area (Å²) in [6.45, 7) is 9.41. The second-order valence-corrected chi connectivity index (χ2v) is 18.4. The molecule has 374 valence electrons. The molecule has 0 saturated carbocycles. The van der Waals surface area contributed by atoms with E-state index < -0.39 is 46.4 Å². The fourth-order valence-electron chi connectivity index (χ4n) is 7.95. The minimum atomic E-state index is -1.01. The zero-order valence-electron chi connectivity index (χ0n) is 39.0. The summed E-state index contributed by atoms with van der Waals surface area (Å²) in [6, 6.07) is 4.38. The van der Waals surface area contributed by atoms with Crippen LogP contribution in [0.25, 0.3) is 0 Å². The third-order valence-corrected chi connectivity index (χ3v) is 13.0. The number of nitrogens with zero attached hydrogens (tertiary/aromatic N) is 1. The number of nitrogens with two attached hydrogens (primary N) is 1. The van der Waals surface area contributed by atoms with Gasteiger partial charge < -0.3 is 58.7 Å². The van der Waals surface area contributed by atoms with Crippen LogP contribution in [0.4, 0.5) is 0 Å². The molecule has 0 aliphatic carbocycles. The van der Waals surface area contributed by atoms with E-state index in [-0.39, 0.29) is 92.7 Å². The van der Waals surface area contributed by atoms with Crippen molar-refractivity contribution in [3.8, 4) is 5.75 Å². The summed E-state index contributed by atoms with van der Waals surface area (Å²) in [4.78, 5) is 103. The monoisotopic (exact) mass is 960 g/mol. The molecule has 0 radical (unpaired) electrons. The van der Waals surface area contributed by atoms with Crippen molar-refractivity contribution in [3.05, 3.63) is 29.8 Å². The van der Waals surface area contributed by atoms with Gasteiger partial charge >= 0.3 is 0 Å². The van der Waals surface area contributed by atoms with Crippen LogP contribution in [-0.4, -0.2) is 170 Å². The van der Waals surface area contributed by atoms with Gasteiger partial charge in [-0.15, -0.1) is 11.8 Å². The lowest BCUT2D eigenvalue weighted by Crippen LogP contribution is -2.73. The Morgan fingerprint density at radius 1 is 0.731 bits per heavy atom. The quantitative estimate of drug-likeness (QED) is 0.0378. The van der Waals surface area contributed by atoms with Crippen molar-refractivity contribution in [2.75, 3.05) is 84.3 Å². The number of imide groups is 1. The van der Waals surface area contributed by atoms with Gasteiger partial charge in [0.1, 0.15) is 29.2 Å². The van der Waals surface area contributed by atoms with E-state index in [1.54, 1.807) is 19.1 Å². The number of aromatic hydroxyl groups is 1. The normalized spacial score (nSPS) is 22.6. The minimum absolute atomic E-state index is 0.0102. The molecule has 14 N–H and O–H groups in total. The van der Waals surface area contributed by atoms with Gasteiger partial charge in [0.15, 0.2) is 0 Å². The van der Waals surface area contributed by atoms with E-state index in [0.29, 0.717) is 96.7 Å². The zero-order chi connectivity index (χ0) is 48.7. The Balaban J connectivity index is 1.23. The first-order chi connectivity index (χ1) is 32.2. The van der Waals surface area contributed by atoms with Crippen LogP contribution in [0.15, 0.2) is 24.3 Å². The van der Waals surface area contributed by atoms with E-state index in [1.807, 2.05) is 6.92 Å². The lowest BCUT2D eigenvalue weighted by molar-refractivity contribution is -0.138. The molecule has 22 nitrogen and oxygen atoms in total. The number of rotatable bonds is 23. The van der Waals surface area contributed by atoms with Gasteiger partial charge in [0.2, 0.25) is 47.3 Å². The molecule has 2 bridgehead atoms. The van der Waals surface area contributed by atoms with Crippen LogP contribution < -0.4 is 64.2 Å². The van der Waals surface area contributed by atoms with Crippen molar-refractivity contribution >= 4 is 59.0 Å². The Morgan fingerprint density at radius 3 is 1.81 bits per heavy atom. The molecule has 3 aliphatic rings. The molecule has 4 rings (SSSR count). The Bertz CT molecular complexity index is 1810. The zero-order valence-corrected chi connectivity index (χ0v) is 39.8. The van der Waals surface area contributed by atoms with Crippen LogP contribution in [0.2, 0.25) is 0 Å². The summed E-state index contributed by atoms with van der Waals surface area (Å²) >= 11 is 1.12. The maximum atomic E-state index is 13.5. The molecule has 8 amide bonds. The molecule has 3 saturated heterocycles. The second-order valence-electron chi connectivity index (χ2n) is 17.1. The number of hydrogen-bond acceptors (Lipinski definition) is 16. The summed E-state index contributed by atoms with van der Waals surface area (Å²) < 4.78 is 0. The highest BCUT2D eigenvalue weighted by Crippen LogP contribution is 2.25. The van der Waals surface area contributed by atoms with Crippen LogP contribution in [0, 0.1) is 0 Å². The third-order valence-electron chi connectivity index (χ3n) is 11.7. The first-order valence-corrected chi connectivity index (χ1v) is 24.6. The number of hydrogen-bond donors (Lipinski definition) is 13. The summed E-state index contributed by atoms with van der Waals surface area (Å²) in [5.41, 5.74) is 4.65. The van der Waals surface area contributed by atoms with Gasteiger partial charge in [-0.25, -0.2) is 0 Å². The van der Waals surface area contributed by atoms with Crippen molar-refractivity contribution in [2.45, 2.75) is 107 Å². The van der Waals surface area contributed by atoms with Gasteiger partial charge in [-0.05, 0) is 43.9 Å². The Labute approximate surface area is 397 Å². The minimum Gasteiger partial charge on any atom is -0.508 e. The summed E-state index contributed by atoms with van der Waals surface area (Å²) in [6.07, 6.45) is 2.47. The molecule has 3 atom stereocenters. The topological polar surface area (TPSA) is 318 Å². The van der Waals surface area contributed by atoms with E-state index in [1.165, 1.54) is 17.0 Å². The molecule has 3 heterocycles. The fourth-order valence-corrected chi connectivity index (χ4v) is 9.16. The van der Waals surface area contributed by atoms with Crippen molar-refractivity contribution in [1.82, 2.24) is 63.4 Å². The van der Waals surface area contributed by atoms with Crippen LogP contribution in [0.3, 0.4) is 0 Å². The van der Waals surface area contributed by atoms with E-state index in [9.17, 15) is 43.5 Å². The molecule has 1 aromatic carbocycles. The van der Waals surface area contributed by atoms with Crippen molar-refractivity contribution in [2.24, 2.45) is 5.73 Å². The van der Waals surface area contributed by atoms with Gasteiger partial charge in [-0.1, -0.05) is 25.5 Å². The smallest absolute Gasteiger partial charge is 0.242 e. The van der Waals surface area contributed by atoms with Gasteiger partial charge in [0.25, 0.3) is 0 Å². The first kappa shape index (κ1) is 54.7. The Morgan fingerprint density at radius 2 is 1.27 bits per heavy atom. The standard InChI is InChI=1S/C44H73N13O9S/c1-3-35(59)55-43-26-46-17-19-48-28-44(52-22-21-51-43,29-49-20-18-47-27-43)56-38(62)11-8-10-37(61)53-32(23-30-12-14-31(58)15-13-30)41(65)50-16-7-5-6-9-36(60)54-33(40(45)64)25-67-34-24-39(63)57(4-2)42(34)66/h12-15,32-34,46-49,51-52,58H,3-11,16-29H2,1-2H3,(H2,45,64)(H,50,65)(H,53,61)(H,54,60)(H,55,59)(H,56,62)/t32?,33-,34?,43-,44+/m0/s1. The maximum absolute atomic E-state index is 13.5. The average molecular weight is 960 g/mol. The molecule has 1 aromatic rings. The number of amides is 8. The predicted molar refractivity (Wildman–Crippen MR) is 253 cm³/mol. The average Bonchev–Trinajstić information content (AvgIpc) is 3.57. The van der Waals surface area contributed by atoms with Crippen molar-refractivity contribution in [1.29, 1.82) is 0 Å². The molecule has 0 spiro atoms. The lowest BCUT2D eigenvalue weighted by Gasteiger charge is -2.41. The largest absolute Gasteiger partial charge is 0.508 e. The highest BCUT2D eigenvalue weighted by molar-refractivity contribution is 8.00. The molecule has 23 heteroatoms. The van der Waals surface area contributed by atoms with E-state index in [0.717, 1.165) is 11.8 Å². The fraction of sp³-hybridized carbons (Fsp3) is 0.682. The summed E-state index contributed by atoms with van der Waals surface area (Å²) in [5.74, 6) is -2.74. The lowest BCUT2D eigenvalue weighted by atomic mass is 10.0. The number of primary amides is 1. The van der Waals surface area contributed by atoms with Crippen LogP contribution >= 0.6 is 11.8 Å². The second kappa shape index (κ2) is 28.4. The Kier molecular flexibility index (Phi) is 23.2. The number of phenolic OH excluding ortho intramolecular Hbond substituents is 1. The van der Waals surface area contributed by atoms with Crippen LogP contribution in [0.5, 0.6) is 5.75 Å². The number of phenols is 1. The SMILES string of the molecule is CCC(=O)N[C@]12CNCCNC[C@](NC(=O)CCCC(=O)NC(Cc3ccc(O)cc3)C(=O)NCCCCCC(=O)N[C@@H](CSC3CC(=O)N(CC)C3=O)C(N)=O)(CNCCNC1)NCCN2. The van der Waals surface area contributed by atoms with Gasteiger partial charge in [-0.3, -0.25) is 53.9 Å². The summed E-state index contributed by atoms with van der Waals surface area (Å²) in [5, 5.41) is 44.6. The Hall–Kier alpha value is -4.91. The number of thioether (sulfide) groups is 1. The number of unbranched alkanes of at least 4 members (excludes halogenated alkanes) is 2. The van der Waals surface area contributed by atoms with Gasteiger partial charge in [0.05, 0.1) is 5.25 Å². The van der Waals surface area contributed by atoms with E-state index >= 15 is 0 Å². The highest BCUT2D eigenvalue weighted by atomic mass is 32.2. The molecule has 3 aliphatic heterocycles. The molecular weight excluding hydrogens is 887 g/mol. The van der Waals surface area contributed by atoms with E-state index in [4.69, 9.17) is 5.73 Å². The summed E-state index contributed by atoms with van der Waals surface area (Å²) in [7, 11) is 0. The number of nitrogens with one attached hydrogen (secondary N) is 11. The van der Waals surface area contributed by atoms with Crippen LogP contribution in [0.1, 0.15) is 77.2 Å².